The van der Waals surface area contributed by atoms with Crippen LogP contribution in [0.5, 0.6) is 0 Å². The molecule has 0 aliphatic carbocycles. The van der Waals surface area contributed by atoms with Gasteiger partial charge in [-0.3, -0.25) is 4.79 Å². The van der Waals surface area contributed by atoms with Gasteiger partial charge in [0.2, 0.25) is 0 Å². The fourth-order valence-electron chi connectivity index (χ4n) is 2.24. The molecule has 1 fully saturated rings. The molecule has 1 heterocycles. The van der Waals surface area contributed by atoms with Crippen molar-refractivity contribution in [2.75, 3.05) is 24.6 Å². The first-order valence-electron chi connectivity index (χ1n) is 6.84. The van der Waals surface area contributed by atoms with Crippen molar-refractivity contribution < 1.29 is 13.2 Å². The Hall–Kier alpha value is -1.40. The van der Waals surface area contributed by atoms with Crippen LogP contribution in [0.1, 0.15) is 23.2 Å². The largest absolute Gasteiger partial charge is 0.352 e. The van der Waals surface area contributed by atoms with Gasteiger partial charge in [-0.05, 0) is 31.5 Å². The number of hydrogen-bond donors (Lipinski definition) is 2. The average molecular weight is 296 g/mol. The number of benzene rings is 1. The third-order valence-electron chi connectivity index (χ3n) is 3.34. The van der Waals surface area contributed by atoms with E-state index in [0.717, 1.165) is 13.0 Å². The van der Waals surface area contributed by atoms with E-state index in [4.69, 9.17) is 0 Å². The van der Waals surface area contributed by atoms with E-state index in [0.29, 0.717) is 18.5 Å². The van der Waals surface area contributed by atoms with Crippen molar-refractivity contribution >= 4 is 15.7 Å². The van der Waals surface area contributed by atoms with Gasteiger partial charge in [0, 0.05) is 18.2 Å². The van der Waals surface area contributed by atoms with Crippen LogP contribution in [0.15, 0.2) is 30.3 Å². The zero-order chi connectivity index (χ0) is 14.4. The quantitative estimate of drug-likeness (QED) is 0.753. The summed E-state index contributed by atoms with van der Waals surface area (Å²) >= 11 is 0. The summed E-state index contributed by atoms with van der Waals surface area (Å²) in [5, 5.41) is 6.06. The van der Waals surface area contributed by atoms with E-state index in [9.17, 15) is 13.2 Å². The summed E-state index contributed by atoms with van der Waals surface area (Å²) in [6, 6.07) is 9.16. The molecule has 1 aromatic carbocycles. The minimum Gasteiger partial charge on any atom is -0.352 e. The van der Waals surface area contributed by atoms with E-state index in [1.165, 1.54) is 0 Å². The number of hydrogen-bond acceptors (Lipinski definition) is 4. The highest BCUT2D eigenvalue weighted by Crippen LogP contribution is 2.10. The molecule has 6 heteroatoms. The topological polar surface area (TPSA) is 75.3 Å². The molecule has 1 amide bonds. The highest BCUT2D eigenvalue weighted by Gasteiger charge is 2.26. The summed E-state index contributed by atoms with van der Waals surface area (Å²) in [5.41, 5.74) is 0.655. The maximum atomic E-state index is 11.7. The predicted octanol–water partition coefficient (Wildman–Crippen LogP) is 0.583. The number of carbonyl (C=O) groups excluding carboxylic acids is 1. The van der Waals surface area contributed by atoms with Gasteiger partial charge in [-0.25, -0.2) is 8.42 Å². The Morgan fingerprint density at radius 1 is 1.20 bits per heavy atom. The Morgan fingerprint density at radius 3 is 2.60 bits per heavy atom. The fourth-order valence-corrected chi connectivity index (χ4v) is 3.95. The van der Waals surface area contributed by atoms with Crippen molar-refractivity contribution in [3.05, 3.63) is 35.9 Å². The van der Waals surface area contributed by atoms with Gasteiger partial charge in [0.1, 0.15) is 0 Å². The monoisotopic (exact) mass is 296 g/mol. The molecular formula is C14H20N2O3S. The van der Waals surface area contributed by atoms with Gasteiger partial charge in [0.05, 0.1) is 11.5 Å². The standard InChI is InChI=1S/C14H20N2O3S/c17-14(12-5-2-1-3-6-12)16-9-4-8-15-13-7-10-20(18,19)11-13/h1-3,5-6,13,15H,4,7-11H2,(H,16,17). The Labute approximate surface area is 119 Å². The maximum Gasteiger partial charge on any atom is 0.251 e. The Balaban J connectivity index is 1.59. The average Bonchev–Trinajstić information content (AvgIpc) is 2.78. The van der Waals surface area contributed by atoms with Crippen LogP contribution < -0.4 is 10.6 Å². The lowest BCUT2D eigenvalue weighted by molar-refractivity contribution is 0.0953. The van der Waals surface area contributed by atoms with Gasteiger partial charge in [0.15, 0.2) is 9.84 Å². The molecule has 20 heavy (non-hydrogen) atoms. The molecule has 1 saturated heterocycles. The van der Waals surface area contributed by atoms with Crippen LogP contribution in [0.2, 0.25) is 0 Å². The normalized spacial score (nSPS) is 20.7. The van der Waals surface area contributed by atoms with Crippen LogP contribution in [0.3, 0.4) is 0 Å². The lowest BCUT2D eigenvalue weighted by Gasteiger charge is -2.10. The second-order valence-corrected chi connectivity index (χ2v) is 7.26. The van der Waals surface area contributed by atoms with Crippen molar-refractivity contribution in [2.24, 2.45) is 0 Å². The van der Waals surface area contributed by atoms with Crippen LogP contribution in [-0.2, 0) is 9.84 Å². The van der Waals surface area contributed by atoms with E-state index in [2.05, 4.69) is 10.6 Å². The van der Waals surface area contributed by atoms with Crippen molar-refractivity contribution in [1.82, 2.24) is 10.6 Å². The predicted molar refractivity (Wildman–Crippen MR) is 78.5 cm³/mol. The molecule has 0 aromatic heterocycles. The molecule has 5 nitrogen and oxygen atoms in total. The first kappa shape index (κ1) is 15.0. The highest BCUT2D eigenvalue weighted by atomic mass is 32.2. The number of amides is 1. The van der Waals surface area contributed by atoms with Crippen molar-refractivity contribution in [1.29, 1.82) is 0 Å². The van der Waals surface area contributed by atoms with Gasteiger partial charge in [-0.15, -0.1) is 0 Å². The molecule has 2 N–H and O–H groups in total. The first-order chi connectivity index (χ1) is 9.57. The molecule has 110 valence electrons. The number of rotatable bonds is 6. The van der Waals surface area contributed by atoms with E-state index in [1.807, 2.05) is 18.2 Å². The summed E-state index contributed by atoms with van der Waals surface area (Å²) in [4.78, 5) is 11.7. The zero-order valence-corrected chi connectivity index (χ0v) is 12.2. The SMILES string of the molecule is O=C(NCCCNC1CCS(=O)(=O)C1)c1ccccc1. The zero-order valence-electron chi connectivity index (χ0n) is 11.3. The highest BCUT2D eigenvalue weighted by molar-refractivity contribution is 7.91. The van der Waals surface area contributed by atoms with Gasteiger partial charge in [-0.1, -0.05) is 18.2 Å². The minimum absolute atomic E-state index is 0.0739. The summed E-state index contributed by atoms with van der Waals surface area (Å²) < 4.78 is 22.6. The molecule has 0 radical (unpaired) electrons. The van der Waals surface area contributed by atoms with Crippen LogP contribution in [0.4, 0.5) is 0 Å². The van der Waals surface area contributed by atoms with Crippen molar-refractivity contribution in [2.45, 2.75) is 18.9 Å². The Bertz CT molecular complexity index is 543. The molecule has 0 bridgehead atoms. The van der Waals surface area contributed by atoms with Crippen LogP contribution in [0.25, 0.3) is 0 Å². The van der Waals surface area contributed by atoms with E-state index in [1.54, 1.807) is 12.1 Å². The van der Waals surface area contributed by atoms with Crippen LogP contribution >= 0.6 is 0 Å². The van der Waals surface area contributed by atoms with Gasteiger partial charge in [-0.2, -0.15) is 0 Å². The second-order valence-electron chi connectivity index (χ2n) is 5.03. The third kappa shape index (κ3) is 4.61. The number of carbonyl (C=O) groups is 1. The van der Waals surface area contributed by atoms with E-state index in [-0.39, 0.29) is 23.5 Å². The molecule has 0 saturated carbocycles. The Morgan fingerprint density at radius 2 is 1.95 bits per heavy atom. The van der Waals surface area contributed by atoms with Crippen LogP contribution in [-0.4, -0.2) is 45.0 Å². The first-order valence-corrected chi connectivity index (χ1v) is 8.66. The summed E-state index contributed by atoms with van der Waals surface area (Å²) in [5.74, 6) is 0.452. The second kappa shape index (κ2) is 6.85. The van der Waals surface area contributed by atoms with Gasteiger partial charge < -0.3 is 10.6 Å². The molecule has 1 aliphatic rings. The molecule has 1 aliphatic heterocycles. The molecule has 1 aromatic rings. The van der Waals surface area contributed by atoms with Gasteiger partial charge in [0.25, 0.3) is 5.91 Å². The van der Waals surface area contributed by atoms with Crippen LogP contribution in [0, 0.1) is 0 Å². The smallest absolute Gasteiger partial charge is 0.251 e. The summed E-state index contributed by atoms with van der Waals surface area (Å²) in [6.07, 6.45) is 1.48. The molecule has 1 atom stereocenters. The Kier molecular flexibility index (Phi) is 5.14. The van der Waals surface area contributed by atoms with Crippen molar-refractivity contribution in [3.8, 4) is 0 Å². The third-order valence-corrected chi connectivity index (χ3v) is 5.11. The molecule has 2 rings (SSSR count). The number of sulfone groups is 1. The fraction of sp³-hybridized carbons (Fsp3) is 0.500. The van der Waals surface area contributed by atoms with Crippen molar-refractivity contribution in [3.63, 3.8) is 0 Å². The summed E-state index contributed by atoms with van der Waals surface area (Å²) in [7, 11) is -2.82. The molecule has 0 spiro atoms. The van der Waals surface area contributed by atoms with Gasteiger partial charge >= 0.3 is 0 Å². The lowest BCUT2D eigenvalue weighted by Crippen LogP contribution is -2.33. The maximum absolute atomic E-state index is 11.7. The summed E-state index contributed by atoms with van der Waals surface area (Å²) in [6.45, 7) is 1.30. The minimum atomic E-state index is -2.82. The lowest BCUT2D eigenvalue weighted by atomic mass is 10.2. The molecular weight excluding hydrogens is 276 g/mol. The molecule has 1 unspecified atom stereocenters. The van der Waals surface area contributed by atoms with E-state index >= 15 is 0 Å². The van der Waals surface area contributed by atoms with E-state index < -0.39 is 9.84 Å². The number of nitrogens with one attached hydrogen (secondary N) is 2.